The van der Waals surface area contributed by atoms with Gasteiger partial charge in [0.05, 0.1) is 6.10 Å². The first-order valence-corrected chi connectivity index (χ1v) is 5.31. The van der Waals surface area contributed by atoms with Crippen LogP contribution in [0.1, 0.15) is 42.0 Å². The van der Waals surface area contributed by atoms with E-state index in [0.29, 0.717) is 12.8 Å². The van der Waals surface area contributed by atoms with E-state index < -0.39 is 17.9 Å². The normalized spacial score (nSPS) is 13.8. The van der Waals surface area contributed by atoms with Crippen LogP contribution in [-0.4, -0.2) is 23.1 Å². The summed E-state index contributed by atoms with van der Waals surface area (Å²) >= 11 is 0. The van der Waals surface area contributed by atoms with Gasteiger partial charge in [-0.15, -0.1) is 0 Å². The summed E-state index contributed by atoms with van der Waals surface area (Å²) in [6.07, 6.45) is 0.802. The van der Waals surface area contributed by atoms with Crippen LogP contribution < -0.4 is 29.6 Å². The van der Waals surface area contributed by atoms with Crippen molar-refractivity contribution in [1.82, 2.24) is 0 Å². The molecule has 16 heavy (non-hydrogen) atoms. The monoisotopic (exact) mass is 240 g/mol. The summed E-state index contributed by atoms with van der Waals surface area (Å²) in [5, 5.41) is 8.88. The number of hydrogen-bond acceptors (Lipinski definition) is 3. The molecule has 2 atom stereocenters. The Hall–Kier alpha value is -0.0600. The number of hydrogen-bond donors (Lipinski definition) is 1. The molecule has 0 aromatic heterocycles. The maximum absolute atomic E-state index is 11.5. The molecule has 0 radical (unpaired) electrons. The van der Waals surface area contributed by atoms with Crippen molar-refractivity contribution in [2.24, 2.45) is 11.8 Å². The van der Waals surface area contributed by atoms with E-state index in [1.807, 2.05) is 20.8 Å². The quantitative estimate of drug-likeness (QED) is 0.375. The van der Waals surface area contributed by atoms with Gasteiger partial charge in [-0.25, -0.2) is 0 Å². The van der Waals surface area contributed by atoms with Crippen LogP contribution in [0.5, 0.6) is 0 Å². The molecule has 0 spiro atoms. The van der Waals surface area contributed by atoms with Gasteiger partial charge in [0.2, 0.25) is 0 Å². The van der Waals surface area contributed by atoms with Gasteiger partial charge in [0.1, 0.15) is 0 Å². The molecular weight excluding hydrogens is 219 g/mol. The summed E-state index contributed by atoms with van der Waals surface area (Å²) < 4.78 is 5.00. The molecule has 2 unspecified atom stereocenters. The minimum atomic E-state index is -1.10. The van der Waals surface area contributed by atoms with E-state index >= 15 is 0 Å². The molecule has 0 rings (SSSR count). The zero-order chi connectivity index (χ0) is 12.0. The van der Waals surface area contributed by atoms with Crippen LogP contribution in [0, 0.1) is 11.8 Å². The standard InChI is InChI=1S/C11H20O4.Na.H/c1-5-8(4)15-11(14)9(10(12)13)6-7(2)3;;/h7-9H,5-6H2,1-4H3,(H,12,13);;/q;+1;-1. The summed E-state index contributed by atoms with van der Waals surface area (Å²) in [5.74, 6) is -2.59. The smallest absolute Gasteiger partial charge is 1.00 e. The van der Waals surface area contributed by atoms with Gasteiger partial charge in [-0.2, -0.15) is 0 Å². The predicted molar refractivity (Wildman–Crippen MR) is 57.5 cm³/mol. The second-order valence-corrected chi connectivity index (χ2v) is 4.18. The molecule has 5 heteroatoms. The molecule has 0 aliphatic carbocycles. The van der Waals surface area contributed by atoms with Crippen LogP contribution >= 0.6 is 0 Å². The van der Waals surface area contributed by atoms with Crippen molar-refractivity contribution in [2.45, 2.75) is 46.6 Å². The third kappa shape index (κ3) is 7.25. The van der Waals surface area contributed by atoms with Gasteiger partial charge in [0.15, 0.2) is 5.92 Å². The van der Waals surface area contributed by atoms with E-state index in [1.54, 1.807) is 6.92 Å². The Morgan fingerprint density at radius 2 is 1.81 bits per heavy atom. The van der Waals surface area contributed by atoms with Crippen LogP contribution in [0.4, 0.5) is 0 Å². The number of esters is 1. The fraction of sp³-hybridized carbons (Fsp3) is 0.818. The number of aliphatic carboxylic acids is 1. The molecule has 1 N–H and O–H groups in total. The van der Waals surface area contributed by atoms with Crippen molar-refractivity contribution < 1.29 is 50.4 Å². The van der Waals surface area contributed by atoms with Crippen LogP contribution in [0.3, 0.4) is 0 Å². The molecular formula is C11H21NaO4. The van der Waals surface area contributed by atoms with Crippen molar-refractivity contribution in [1.29, 1.82) is 0 Å². The fourth-order valence-corrected chi connectivity index (χ4v) is 1.13. The Labute approximate surface area is 121 Å². The van der Waals surface area contributed by atoms with Gasteiger partial charge in [0.25, 0.3) is 0 Å². The van der Waals surface area contributed by atoms with E-state index in [0.717, 1.165) is 0 Å². The maximum atomic E-state index is 11.5. The molecule has 0 aliphatic heterocycles. The van der Waals surface area contributed by atoms with Crippen LogP contribution in [-0.2, 0) is 14.3 Å². The second-order valence-electron chi connectivity index (χ2n) is 4.18. The summed E-state index contributed by atoms with van der Waals surface area (Å²) in [6.45, 7) is 7.40. The molecule has 0 amide bonds. The zero-order valence-electron chi connectivity index (χ0n) is 11.8. The van der Waals surface area contributed by atoms with Gasteiger partial charge >= 0.3 is 41.5 Å². The molecule has 0 aromatic rings. The van der Waals surface area contributed by atoms with Crippen molar-refractivity contribution in [3.8, 4) is 0 Å². The molecule has 0 aromatic carbocycles. The largest absolute Gasteiger partial charge is 1.00 e. The average molecular weight is 240 g/mol. The molecule has 0 saturated carbocycles. The molecule has 4 nitrogen and oxygen atoms in total. The number of ether oxygens (including phenoxy) is 1. The second kappa shape index (κ2) is 9.02. The Bertz CT molecular complexity index is 234. The minimum absolute atomic E-state index is 0. The first-order chi connectivity index (χ1) is 6.88. The van der Waals surface area contributed by atoms with Gasteiger partial charge in [0, 0.05) is 0 Å². The Morgan fingerprint density at radius 1 is 1.31 bits per heavy atom. The van der Waals surface area contributed by atoms with E-state index in [2.05, 4.69) is 0 Å². The summed E-state index contributed by atoms with van der Waals surface area (Å²) in [4.78, 5) is 22.3. The maximum Gasteiger partial charge on any atom is 1.00 e. The Morgan fingerprint density at radius 3 is 2.12 bits per heavy atom. The van der Waals surface area contributed by atoms with Crippen molar-refractivity contribution in [2.75, 3.05) is 0 Å². The first kappa shape index (κ1) is 18.3. The van der Waals surface area contributed by atoms with Crippen LogP contribution in [0.15, 0.2) is 0 Å². The van der Waals surface area contributed by atoms with E-state index in [1.165, 1.54) is 0 Å². The molecule has 0 heterocycles. The molecule has 0 aliphatic rings. The minimum Gasteiger partial charge on any atom is -1.00 e. The Balaban J connectivity index is -0.000000980. The number of carbonyl (C=O) groups excluding carboxylic acids is 1. The van der Waals surface area contributed by atoms with Crippen molar-refractivity contribution >= 4 is 11.9 Å². The number of carboxylic acid groups (broad SMARTS) is 1. The SMILES string of the molecule is CCC(C)OC(=O)C(CC(C)C)C(=O)O.[H-].[Na+]. The number of carbonyl (C=O) groups is 2. The fourth-order valence-electron chi connectivity index (χ4n) is 1.13. The van der Waals surface area contributed by atoms with E-state index in [4.69, 9.17) is 9.84 Å². The van der Waals surface area contributed by atoms with E-state index in [9.17, 15) is 9.59 Å². The Kier molecular flexibility index (Phi) is 10.3. The molecule has 0 fully saturated rings. The molecule has 90 valence electrons. The number of rotatable bonds is 6. The topological polar surface area (TPSA) is 63.6 Å². The summed E-state index contributed by atoms with van der Waals surface area (Å²) in [6, 6.07) is 0. The van der Waals surface area contributed by atoms with Crippen LogP contribution in [0.25, 0.3) is 0 Å². The van der Waals surface area contributed by atoms with Gasteiger partial charge < -0.3 is 11.3 Å². The van der Waals surface area contributed by atoms with Crippen LogP contribution in [0.2, 0.25) is 0 Å². The van der Waals surface area contributed by atoms with Crippen molar-refractivity contribution in [3.05, 3.63) is 0 Å². The van der Waals surface area contributed by atoms with Gasteiger partial charge in [-0.3, -0.25) is 9.59 Å². The average Bonchev–Trinajstić information content (AvgIpc) is 2.12. The third-order valence-corrected chi connectivity index (χ3v) is 2.18. The third-order valence-electron chi connectivity index (χ3n) is 2.18. The predicted octanol–water partition coefficient (Wildman–Crippen LogP) is -0.808. The zero-order valence-corrected chi connectivity index (χ0v) is 12.8. The number of carboxylic acids is 1. The summed E-state index contributed by atoms with van der Waals surface area (Å²) in [7, 11) is 0. The van der Waals surface area contributed by atoms with E-state index in [-0.39, 0.29) is 43.0 Å². The molecule has 0 saturated heterocycles. The first-order valence-electron chi connectivity index (χ1n) is 5.31. The van der Waals surface area contributed by atoms with Gasteiger partial charge in [-0.1, -0.05) is 20.8 Å². The van der Waals surface area contributed by atoms with Gasteiger partial charge in [-0.05, 0) is 25.7 Å². The summed E-state index contributed by atoms with van der Waals surface area (Å²) in [5.41, 5.74) is 0. The molecule has 0 bridgehead atoms. The van der Waals surface area contributed by atoms with Crippen molar-refractivity contribution in [3.63, 3.8) is 0 Å².